The maximum atomic E-state index is 12.8. The number of hydrogen-bond donors (Lipinski definition) is 0. The van der Waals surface area contributed by atoms with Crippen molar-refractivity contribution in [3.05, 3.63) is 97.2 Å². The Morgan fingerprint density at radius 3 is 0.985 bits per heavy atom. The summed E-state index contributed by atoms with van der Waals surface area (Å²) in [6.45, 7) is 6.44. The average Bonchev–Trinajstić information content (AvgIpc) is 3.33. The number of carbonyl (C=O) groups is 3. The number of allylic oxidation sites excluding steroid dienone is 16. The van der Waals surface area contributed by atoms with E-state index >= 15 is 0 Å². The van der Waals surface area contributed by atoms with E-state index in [9.17, 15) is 14.4 Å². The minimum Gasteiger partial charge on any atom is -0.462 e. The van der Waals surface area contributed by atoms with Crippen LogP contribution in [0.15, 0.2) is 97.2 Å². The summed E-state index contributed by atoms with van der Waals surface area (Å²) in [6.07, 6.45) is 72.5. The Bertz CT molecular complexity index is 1350. The van der Waals surface area contributed by atoms with Crippen molar-refractivity contribution in [2.75, 3.05) is 13.2 Å². The molecule has 0 aliphatic heterocycles. The van der Waals surface area contributed by atoms with Crippen molar-refractivity contribution >= 4 is 17.9 Å². The molecule has 0 rings (SSSR count). The van der Waals surface area contributed by atoms with Crippen LogP contribution in [0, 0.1) is 0 Å². The van der Waals surface area contributed by atoms with Crippen LogP contribution in [0.1, 0.15) is 252 Å². The molecule has 0 spiro atoms. The molecule has 0 aliphatic carbocycles. The fourth-order valence-corrected chi connectivity index (χ4v) is 7.38. The molecule has 0 saturated carbocycles. The molecule has 0 N–H and O–H groups in total. The number of ether oxygens (including phenoxy) is 3. The van der Waals surface area contributed by atoms with Gasteiger partial charge in [0.1, 0.15) is 13.2 Å². The predicted octanol–water partition coefficient (Wildman–Crippen LogP) is 18.5. The van der Waals surface area contributed by atoms with Gasteiger partial charge in [-0.3, -0.25) is 14.4 Å². The van der Waals surface area contributed by atoms with Crippen molar-refractivity contribution in [2.24, 2.45) is 0 Å². The lowest BCUT2D eigenvalue weighted by atomic mass is 10.1. The highest BCUT2D eigenvalue weighted by atomic mass is 16.6. The van der Waals surface area contributed by atoms with Gasteiger partial charge < -0.3 is 14.2 Å². The molecule has 0 amide bonds. The SMILES string of the molecule is CC/C=C\C/C=C\C/C=C\C/C=C\CCCCCCC(=O)O[C@H](COC(=O)CCC/C=C\C/C=C\C/C=C\CCCCCCCC)COC(=O)CCCCCCC/C=C\CCCCCCCC. The summed E-state index contributed by atoms with van der Waals surface area (Å²) >= 11 is 0. The number of esters is 3. The number of hydrogen-bond acceptors (Lipinski definition) is 6. The van der Waals surface area contributed by atoms with Crippen LogP contribution < -0.4 is 0 Å². The van der Waals surface area contributed by atoms with Gasteiger partial charge >= 0.3 is 17.9 Å². The van der Waals surface area contributed by atoms with E-state index in [4.69, 9.17) is 14.2 Å². The third kappa shape index (κ3) is 53.2. The van der Waals surface area contributed by atoms with Crippen molar-refractivity contribution in [1.29, 1.82) is 0 Å². The first-order chi connectivity index (χ1) is 33.0. The highest BCUT2D eigenvalue weighted by Crippen LogP contribution is 2.13. The second-order valence-corrected chi connectivity index (χ2v) is 18.1. The molecule has 0 aromatic carbocycles. The van der Waals surface area contributed by atoms with E-state index < -0.39 is 6.10 Å². The highest BCUT2D eigenvalue weighted by Gasteiger charge is 2.19. The van der Waals surface area contributed by atoms with Gasteiger partial charge in [-0.2, -0.15) is 0 Å². The zero-order valence-electron chi connectivity index (χ0n) is 43.6. The first kappa shape index (κ1) is 63.3. The molecule has 0 bridgehead atoms. The summed E-state index contributed by atoms with van der Waals surface area (Å²) in [7, 11) is 0. The van der Waals surface area contributed by atoms with Gasteiger partial charge in [0.15, 0.2) is 6.10 Å². The van der Waals surface area contributed by atoms with Crippen LogP contribution in [0.2, 0.25) is 0 Å². The lowest BCUT2D eigenvalue weighted by Crippen LogP contribution is -2.30. The maximum absolute atomic E-state index is 12.8. The summed E-state index contributed by atoms with van der Waals surface area (Å²) in [5.41, 5.74) is 0. The van der Waals surface area contributed by atoms with Gasteiger partial charge in [0.05, 0.1) is 0 Å². The molecular formula is C61H102O6. The van der Waals surface area contributed by atoms with Crippen LogP contribution >= 0.6 is 0 Å². The van der Waals surface area contributed by atoms with Crippen molar-refractivity contribution < 1.29 is 28.6 Å². The average molecular weight is 931 g/mol. The summed E-state index contributed by atoms with van der Waals surface area (Å²) in [6, 6.07) is 0. The largest absolute Gasteiger partial charge is 0.462 e. The summed E-state index contributed by atoms with van der Waals surface area (Å²) in [4.78, 5) is 38.1. The third-order valence-corrected chi connectivity index (χ3v) is 11.5. The highest BCUT2D eigenvalue weighted by molar-refractivity contribution is 5.71. The normalized spacial score (nSPS) is 12.8. The number of rotatable bonds is 49. The molecule has 382 valence electrons. The van der Waals surface area contributed by atoms with Gasteiger partial charge in [-0.15, -0.1) is 0 Å². The molecule has 0 aromatic rings. The number of unbranched alkanes of at least 4 members (excludes halogenated alkanes) is 22. The van der Waals surface area contributed by atoms with E-state index in [1.165, 1.54) is 96.3 Å². The first-order valence-electron chi connectivity index (χ1n) is 27.7. The fourth-order valence-electron chi connectivity index (χ4n) is 7.38. The van der Waals surface area contributed by atoms with Gasteiger partial charge in [0.25, 0.3) is 0 Å². The van der Waals surface area contributed by atoms with Crippen molar-refractivity contribution in [1.82, 2.24) is 0 Å². The zero-order valence-corrected chi connectivity index (χ0v) is 43.6. The molecule has 0 saturated heterocycles. The molecule has 6 nitrogen and oxygen atoms in total. The van der Waals surface area contributed by atoms with Gasteiger partial charge in [-0.25, -0.2) is 0 Å². The number of carbonyl (C=O) groups excluding carboxylic acids is 3. The van der Waals surface area contributed by atoms with Crippen LogP contribution in [0.3, 0.4) is 0 Å². The Morgan fingerprint density at radius 2 is 0.597 bits per heavy atom. The van der Waals surface area contributed by atoms with Crippen LogP contribution in [0.25, 0.3) is 0 Å². The molecule has 0 fully saturated rings. The van der Waals surface area contributed by atoms with Crippen LogP contribution in [0.5, 0.6) is 0 Å². The Hall–Kier alpha value is -3.67. The fraction of sp³-hybridized carbons (Fsp3) is 0.689. The summed E-state index contributed by atoms with van der Waals surface area (Å²) in [5, 5.41) is 0. The molecule has 0 aromatic heterocycles. The Labute approximate surface area is 413 Å². The van der Waals surface area contributed by atoms with Crippen LogP contribution in [-0.4, -0.2) is 37.2 Å². The smallest absolute Gasteiger partial charge is 0.306 e. The van der Waals surface area contributed by atoms with Gasteiger partial charge in [-0.1, -0.05) is 214 Å². The van der Waals surface area contributed by atoms with E-state index in [2.05, 4.69) is 118 Å². The Balaban J connectivity index is 4.53. The van der Waals surface area contributed by atoms with Gasteiger partial charge in [0.2, 0.25) is 0 Å². The minimum absolute atomic E-state index is 0.108. The maximum Gasteiger partial charge on any atom is 0.306 e. The van der Waals surface area contributed by atoms with Crippen molar-refractivity contribution in [3.63, 3.8) is 0 Å². The first-order valence-corrected chi connectivity index (χ1v) is 27.7. The molecule has 0 radical (unpaired) electrons. The lowest BCUT2D eigenvalue weighted by molar-refractivity contribution is -0.167. The van der Waals surface area contributed by atoms with E-state index in [0.29, 0.717) is 12.8 Å². The predicted molar refractivity (Wildman–Crippen MR) is 288 cm³/mol. The summed E-state index contributed by atoms with van der Waals surface area (Å²) in [5.74, 6) is -0.994. The second kappa shape index (κ2) is 54.9. The molecular weight excluding hydrogens is 829 g/mol. The Kier molecular flexibility index (Phi) is 51.9. The zero-order chi connectivity index (χ0) is 48.6. The molecule has 0 aliphatic rings. The van der Waals surface area contributed by atoms with Gasteiger partial charge in [0, 0.05) is 19.3 Å². The van der Waals surface area contributed by atoms with E-state index in [1.807, 2.05) is 0 Å². The molecule has 6 heteroatoms. The quantitative estimate of drug-likeness (QED) is 0.0262. The van der Waals surface area contributed by atoms with Crippen molar-refractivity contribution in [3.8, 4) is 0 Å². The molecule has 0 heterocycles. The minimum atomic E-state index is -0.815. The second-order valence-electron chi connectivity index (χ2n) is 18.1. The van der Waals surface area contributed by atoms with Gasteiger partial charge in [-0.05, 0) is 116 Å². The molecule has 1 atom stereocenters. The summed E-state index contributed by atoms with van der Waals surface area (Å²) < 4.78 is 16.8. The van der Waals surface area contributed by atoms with Crippen molar-refractivity contribution in [2.45, 2.75) is 258 Å². The molecule has 67 heavy (non-hydrogen) atoms. The monoisotopic (exact) mass is 931 g/mol. The van der Waals surface area contributed by atoms with E-state index in [1.54, 1.807) is 0 Å². The lowest BCUT2D eigenvalue weighted by Gasteiger charge is -2.18. The standard InChI is InChI=1S/C61H102O6/c1-4-7-10-13-16-19-22-25-28-30-33-36-39-42-45-48-51-54-60(63)66-57-58(56-65-59(62)53-50-47-44-41-38-35-32-27-24-21-18-15-12-9-6-3)67-61(64)55-52-49-46-43-40-37-34-31-29-26-23-20-17-14-11-8-5-2/h8,11,17,20,25-29,32-34,36-37,42,45,58H,4-7,9-10,12-16,18-19,21-24,30-31,35,38-41,43-44,46-57H2,1-3H3/b11-8-,20-17-,28-25-,29-26-,32-27-,36-33-,37-34-,45-42-/t58-/m0/s1. The van der Waals surface area contributed by atoms with E-state index in [0.717, 1.165) is 109 Å². The van der Waals surface area contributed by atoms with E-state index in [-0.39, 0.29) is 44.0 Å². The Morgan fingerprint density at radius 1 is 0.313 bits per heavy atom. The van der Waals surface area contributed by atoms with Crippen LogP contribution in [-0.2, 0) is 28.6 Å². The third-order valence-electron chi connectivity index (χ3n) is 11.5. The topological polar surface area (TPSA) is 78.9 Å². The molecule has 0 unspecified atom stereocenters. The van der Waals surface area contributed by atoms with Crippen LogP contribution in [0.4, 0.5) is 0 Å².